The van der Waals surface area contributed by atoms with Gasteiger partial charge in [0.05, 0.1) is 0 Å². The van der Waals surface area contributed by atoms with Gasteiger partial charge in [-0.05, 0) is 36.0 Å². The number of carboxylic acids is 1. The van der Waals surface area contributed by atoms with Crippen LogP contribution in [0.25, 0.3) is 0 Å². The van der Waals surface area contributed by atoms with E-state index in [0.717, 1.165) is 4.47 Å². The molecule has 0 aliphatic rings. The minimum absolute atomic E-state index is 0.284. The number of aliphatic carboxylic acids is 1. The van der Waals surface area contributed by atoms with Gasteiger partial charge in [-0.15, -0.1) is 0 Å². The molecule has 0 saturated carbocycles. The zero-order valence-electron chi connectivity index (χ0n) is 11.7. The fourth-order valence-electron chi connectivity index (χ4n) is 1.99. The summed E-state index contributed by atoms with van der Waals surface area (Å²) in [5.41, 5.74) is 1.20. The first-order valence-electron chi connectivity index (χ1n) is 6.61. The largest absolute Gasteiger partial charge is 0.480 e. The maximum Gasteiger partial charge on any atom is 0.320 e. The summed E-state index contributed by atoms with van der Waals surface area (Å²) in [5.74, 6) is -0.114. The third kappa shape index (κ3) is 5.74. The summed E-state index contributed by atoms with van der Waals surface area (Å²) in [5, 5.41) is 12.3. The van der Waals surface area contributed by atoms with E-state index in [2.05, 4.69) is 40.3 Å². The molecule has 2 atom stereocenters. The fourth-order valence-corrected chi connectivity index (χ4v) is 2.41. The van der Waals surface area contributed by atoms with Crippen molar-refractivity contribution in [2.24, 2.45) is 5.92 Å². The summed E-state index contributed by atoms with van der Waals surface area (Å²) in [6.07, 6.45) is 0.653. The fraction of sp³-hybridized carbons (Fsp3) is 0.533. The molecule has 19 heavy (non-hydrogen) atoms. The summed E-state index contributed by atoms with van der Waals surface area (Å²) in [6, 6.07) is 7.66. The topological polar surface area (TPSA) is 49.3 Å². The van der Waals surface area contributed by atoms with Crippen LogP contribution in [0.15, 0.2) is 28.7 Å². The Bertz CT molecular complexity index is 420. The lowest BCUT2D eigenvalue weighted by molar-refractivity contribution is -0.139. The molecule has 1 rings (SSSR count). The Labute approximate surface area is 123 Å². The van der Waals surface area contributed by atoms with Crippen molar-refractivity contribution >= 4 is 21.9 Å². The molecule has 0 aliphatic carbocycles. The first-order chi connectivity index (χ1) is 8.90. The predicted octanol–water partition coefficient (Wildman–Crippen LogP) is 3.64. The number of halogens is 1. The maximum atomic E-state index is 11.2. The predicted molar refractivity (Wildman–Crippen MR) is 81.4 cm³/mol. The normalized spacial score (nSPS) is 14.4. The molecule has 1 aromatic rings. The molecule has 0 saturated heterocycles. The van der Waals surface area contributed by atoms with Crippen LogP contribution in [0.1, 0.15) is 38.7 Å². The third-order valence-corrected chi connectivity index (χ3v) is 3.59. The molecule has 0 aromatic heterocycles. The Morgan fingerprint density at radius 1 is 1.37 bits per heavy atom. The van der Waals surface area contributed by atoms with Crippen LogP contribution < -0.4 is 5.32 Å². The van der Waals surface area contributed by atoms with Crippen molar-refractivity contribution in [2.45, 2.75) is 39.2 Å². The van der Waals surface area contributed by atoms with E-state index in [0.29, 0.717) is 18.9 Å². The molecule has 0 aliphatic heterocycles. The minimum Gasteiger partial charge on any atom is -0.480 e. The molecule has 0 bridgehead atoms. The summed E-state index contributed by atoms with van der Waals surface area (Å²) in [7, 11) is 0. The van der Waals surface area contributed by atoms with Gasteiger partial charge in [0.25, 0.3) is 0 Å². The Hall–Kier alpha value is -0.870. The van der Waals surface area contributed by atoms with Crippen molar-refractivity contribution in [3.05, 3.63) is 34.3 Å². The van der Waals surface area contributed by atoms with Crippen molar-refractivity contribution < 1.29 is 9.90 Å². The molecule has 106 valence electrons. The second-order valence-electron chi connectivity index (χ2n) is 5.38. The monoisotopic (exact) mass is 327 g/mol. The van der Waals surface area contributed by atoms with Gasteiger partial charge < -0.3 is 10.4 Å². The number of hydrogen-bond donors (Lipinski definition) is 2. The molecule has 2 N–H and O–H groups in total. The van der Waals surface area contributed by atoms with E-state index >= 15 is 0 Å². The Morgan fingerprint density at radius 3 is 2.58 bits per heavy atom. The van der Waals surface area contributed by atoms with Crippen molar-refractivity contribution in [3.63, 3.8) is 0 Å². The molecule has 1 aromatic carbocycles. The highest BCUT2D eigenvalue weighted by Crippen LogP contribution is 2.19. The zero-order chi connectivity index (χ0) is 14.4. The van der Waals surface area contributed by atoms with Crippen LogP contribution >= 0.6 is 15.9 Å². The summed E-state index contributed by atoms with van der Waals surface area (Å²) >= 11 is 3.45. The van der Waals surface area contributed by atoms with Gasteiger partial charge in [0.1, 0.15) is 6.04 Å². The van der Waals surface area contributed by atoms with Gasteiger partial charge in [0.2, 0.25) is 0 Å². The van der Waals surface area contributed by atoms with Gasteiger partial charge in [-0.2, -0.15) is 0 Å². The second kappa shape index (κ2) is 7.65. The minimum atomic E-state index is -0.768. The lowest BCUT2D eigenvalue weighted by atomic mass is 9.99. The van der Waals surface area contributed by atoms with E-state index in [-0.39, 0.29) is 5.92 Å². The molecule has 0 heterocycles. The third-order valence-electron chi connectivity index (χ3n) is 3.09. The van der Waals surface area contributed by atoms with Crippen molar-refractivity contribution in [3.8, 4) is 0 Å². The van der Waals surface area contributed by atoms with Crippen molar-refractivity contribution in [1.29, 1.82) is 0 Å². The van der Waals surface area contributed by atoms with Crippen molar-refractivity contribution in [1.82, 2.24) is 5.32 Å². The molecular formula is C15H22BrNO2. The number of rotatable bonds is 7. The van der Waals surface area contributed by atoms with Crippen LogP contribution in [-0.2, 0) is 4.79 Å². The SMILES string of the molecule is CC(C)C[C@@H](NCC(C)c1cccc(Br)c1)C(=O)O. The van der Waals surface area contributed by atoms with E-state index in [1.54, 1.807) is 0 Å². The molecule has 0 fully saturated rings. The standard InChI is InChI=1S/C15H22BrNO2/c1-10(2)7-14(15(18)19)17-9-11(3)12-5-4-6-13(16)8-12/h4-6,8,10-11,14,17H,7,9H2,1-3H3,(H,18,19)/t11?,14-/m1/s1. The van der Waals surface area contributed by atoms with Crippen LogP contribution in [0.3, 0.4) is 0 Å². The Balaban J connectivity index is 2.56. The highest BCUT2D eigenvalue weighted by molar-refractivity contribution is 9.10. The van der Waals surface area contributed by atoms with Crippen LogP contribution in [0.4, 0.5) is 0 Å². The number of carboxylic acid groups (broad SMARTS) is 1. The number of benzene rings is 1. The quantitative estimate of drug-likeness (QED) is 0.803. The molecular weight excluding hydrogens is 306 g/mol. The number of hydrogen-bond acceptors (Lipinski definition) is 2. The molecule has 0 amide bonds. The van der Waals surface area contributed by atoms with Gasteiger partial charge in [0, 0.05) is 11.0 Å². The average Bonchev–Trinajstić information content (AvgIpc) is 2.33. The van der Waals surface area contributed by atoms with Crippen LogP contribution in [0, 0.1) is 5.92 Å². The van der Waals surface area contributed by atoms with Crippen LogP contribution in [-0.4, -0.2) is 23.7 Å². The molecule has 0 radical (unpaired) electrons. The Morgan fingerprint density at radius 2 is 2.05 bits per heavy atom. The van der Waals surface area contributed by atoms with Gasteiger partial charge in [-0.3, -0.25) is 4.79 Å². The van der Waals surface area contributed by atoms with E-state index in [1.807, 2.05) is 26.0 Å². The summed E-state index contributed by atoms with van der Waals surface area (Å²) in [4.78, 5) is 11.2. The summed E-state index contributed by atoms with van der Waals surface area (Å²) < 4.78 is 1.05. The average molecular weight is 328 g/mol. The van der Waals surface area contributed by atoms with Gasteiger partial charge in [-0.25, -0.2) is 0 Å². The van der Waals surface area contributed by atoms with Crippen molar-refractivity contribution in [2.75, 3.05) is 6.54 Å². The molecule has 4 heteroatoms. The van der Waals surface area contributed by atoms with E-state index in [9.17, 15) is 9.90 Å². The molecule has 0 spiro atoms. The summed E-state index contributed by atoms with van der Waals surface area (Å²) in [6.45, 7) is 6.84. The first kappa shape index (κ1) is 16.2. The van der Waals surface area contributed by atoms with E-state index in [4.69, 9.17) is 0 Å². The first-order valence-corrected chi connectivity index (χ1v) is 7.41. The smallest absolute Gasteiger partial charge is 0.320 e. The lowest BCUT2D eigenvalue weighted by Crippen LogP contribution is -2.39. The second-order valence-corrected chi connectivity index (χ2v) is 6.30. The lowest BCUT2D eigenvalue weighted by Gasteiger charge is -2.19. The van der Waals surface area contributed by atoms with E-state index < -0.39 is 12.0 Å². The van der Waals surface area contributed by atoms with Gasteiger partial charge in [-0.1, -0.05) is 48.8 Å². The van der Waals surface area contributed by atoms with Gasteiger partial charge in [0.15, 0.2) is 0 Å². The molecule has 1 unspecified atom stereocenters. The maximum absolute atomic E-state index is 11.2. The van der Waals surface area contributed by atoms with E-state index in [1.165, 1.54) is 5.56 Å². The zero-order valence-corrected chi connectivity index (χ0v) is 13.3. The van der Waals surface area contributed by atoms with Crippen LogP contribution in [0.2, 0.25) is 0 Å². The highest BCUT2D eigenvalue weighted by atomic mass is 79.9. The van der Waals surface area contributed by atoms with Gasteiger partial charge >= 0.3 is 5.97 Å². The highest BCUT2D eigenvalue weighted by Gasteiger charge is 2.19. The Kier molecular flexibility index (Phi) is 6.52. The number of nitrogens with one attached hydrogen (secondary N) is 1. The number of carbonyl (C=O) groups is 1. The van der Waals surface area contributed by atoms with Crippen LogP contribution in [0.5, 0.6) is 0 Å². The molecule has 3 nitrogen and oxygen atoms in total.